The van der Waals surface area contributed by atoms with Crippen molar-refractivity contribution in [3.63, 3.8) is 0 Å². The summed E-state index contributed by atoms with van der Waals surface area (Å²) in [7, 11) is 0. The molecule has 1 atom stereocenters. The van der Waals surface area contributed by atoms with Gasteiger partial charge in [0.15, 0.2) is 5.76 Å². The summed E-state index contributed by atoms with van der Waals surface area (Å²) in [5.41, 5.74) is 2.63. The van der Waals surface area contributed by atoms with E-state index in [0.29, 0.717) is 30.2 Å². The van der Waals surface area contributed by atoms with Crippen molar-refractivity contribution in [1.29, 1.82) is 0 Å². The van der Waals surface area contributed by atoms with E-state index in [1.807, 2.05) is 0 Å². The number of rotatable bonds is 2. The Morgan fingerprint density at radius 2 is 2.32 bits per heavy atom. The number of carboxylic acid groups (broad SMARTS) is 1. The normalized spacial score (nSPS) is 23.1. The average molecular weight is 367 g/mol. The van der Waals surface area contributed by atoms with E-state index in [1.165, 1.54) is 22.1 Å². The van der Waals surface area contributed by atoms with Crippen molar-refractivity contribution in [3.05, 3.63) is 39.9 Å². The van der Waals surface area contributed by atoms with Gasteiger partial charge in [0.1, 0.15) is 12.0 Å². The van der Waals surface area contributed by atoms with Crippen LogP contribution in [0.5, 0.6) is 0 Å². The average Bonchev–Trinajstić information content (AvgIpc) is 3.22. The minimum atomic E-state index is -1.34. The van der Waals surface area contributed by atoms with Crippen molar-refractivity contribution in [3.8, 4) is 0 Å². The van der Waals surface area contributed by atoms with Crippen LogP contribution in [0.3, 0.4) is 0 Å². The van der Waals surface area contributed by atoms with Crippen molar-refractivity contribution in [2.24, 2.45) is 0 Å². The second-order valence-corrected chi connectivity index (χ2v) is 6.60. The fraction of sp³-hybridized carbons (Fsp3) is 0.267. The molecule has 2 aromatic rings. The maximum absolute atomic E-state index is 12.2. The number of amides is 1. The van der Waals surface area contributed by atoms with Crippen LogP contribution >= 0.6 is 11.8 Å². The molecule has 122 valence electrons. The van der Waals surface area contributed by atoms with Crippen molar-refractivity contribution in [2.75, 3.05) is 6.61 Å². The van der Waals surface area contributed by atoms with Gasteiger partial charge in [0.2, 0.25) is 5.71 Å². The van der Waals surface area contributed by atoms with Crippen LogP contribution < -0.4 is 34.7 Å². The molecule has 0 aliphatic carbocycles. The SMILES string of the molecule is O=C([O-])C1=CS[C@@H]2/C(=C/c3cc4oc5c(n4n3)CCOC5)C(=O)N12.[Na+]. The summed E-state index contributed by atoms with van der Waals surface area (Å²) in [5.74, 6) is -0.894. The molecule has 0 radical (unpaired) electrons. The predicted octanol–water partition coefficient (Wildman–Crippen LogP) is -3.11. The number of hydrogen-bond acceptors (Lipinski definition) is 7. The number of aliphatic carboxylic acids is 1. The Balaban J connectivity index is 0.00000157. The first-order chi connectivity index (χ1) is 11.6. The molecule has 0 saturated carbocycles. The Labute approximate surface area is 167 Å². The Kier molecular flexibility index (Phi) is 4.08. The second kappa shape index (κ2) is 6.03. The third-order valence-electron chi connectivity index (χ3n) is 4.26. The number of carboxylic acids is 1. The molecule has 0 bridgehead atoms. The molecular formula is C15H10N3NaO5S. The number of oxazole rings is 1. The van der Waals surface area contributed by atoms with Gasteiger partial charge in [-0.15, -0.1) is 11.8 Å². The molecule has 5 rings (SSSR count). The number of nitrogens with zero attached hydrogens (tertiary/aromatic N) is 3. The zero-order chi connectivity index (χ0) is 16.4. The molecule has 0 N–H and O–H groups in total. The van der Waals surface area contributed by atoms with Crippen LogP contribution in [0.15, 0.2) is 27.2 Å². The van der Waals surface area contributed by atoms with Crippen molar-refractivity contribution >= 4 is 35.4 Å². The number of aromatic nitrogens is 2. The predicted molar refractivity (Wildman–Crippen MR) is 80.1 cm³/mol. The van der Waals surface area contributed by atoms with E-state index in [9.17, 15) is 14.7 Å². The minimum absolute atomic E-state index is 0. The Morgan fingerprint density at radius 3 is 3.12 bits per heavy atom. The molecule has 1 saturated heterocycles. The summed E-state index contributed by atoms with van der Waals surface area (Å²) in [6, 6.07) is 1.76. The molecule has 0 unspecified atom stereocenters. The summed E-state index contributed by atoms with van der Waals surface area (Å²) in [5, 5.41) is 16.6. The van der Waals surface area contributed by atoms with Crippen LogP contribution in [-0.4, -0.2) is 38.4 Å². The summed E-state index contributed by atoms with van der Waals surface area (Å²) in [6.45, 7) is 1.07. The van der Waals surface area contributed by atoms with Crippen molar-refractivity contribution < 1.29 is 53.4 Å². The van der Waals surface area contributed by atoms with E-state index in [-0.39, 0.29) is 46.5 Å². The fourth-order valence-corrected chi connectivity index (χ4v) is 4.25. The van der Waals surface area contributed by atoms with E-state index in [1.54, 1.807) is 16.7 Å². The van der Waals surface area contributed by atoms with Crippen LogP contribution in [0.4, 0.5) is 0 Å². The van der Waals surface area contributed by atoms with Gasteiger partial charge in [0, 0.05) is 12.5 Å². The molecule has 0 aromatic carbocycles. The number of thioether (sulfide) groups is 1. The molecule has 1 amide bonds. The molecule has 8 nitrogen and oxygen atoms in total. The van der Waals surface area contributed by atoms with Gasteiger partial charge in [0.25, 0.3) is 5.91 Å². The standard InChI is InChI=1S/C15H11N3O5S.Na/c19-13-8(14-17(13)10(6-24-14)15(20)21)3-7-4-12-18(16-7)9-1-2-22-5-11(9)23-12;/h3-4,6,14H,1-2,5H2,(H,20,21);/q;+1/p-1/b8-3+;/t14-;/m1./s1. The van der Waals surface area contributed by atoms with Crippen LogP contribution in [0.25, 0.3) is 11.8 Å². The monoisotopic (exact) mass is 367 g/mol. The summed E-state index contributed by atoms with van der Waals surface area (Å²) >= 11 is 1.27. The first-order valence-corrected chi connectivity index (χ1v) is 8.28. The number of fused-ring (bicyclic) bond motifs is 4. The zero-order valence-electron chi connectivity index (χ0n) is 13.2. The maximum Gasteiger partial charge on any atom is 1.00 e. The molecule has 25 heavy (non-hydrogen) atoms. The van der Waals surface area contributed by atoms with Crippen LogP contribution in [0.1, 0.15) is 17.1 Å². The quantitative estimate of drug-likeness (QED) is 0.315. The second-order valence-electron chi connectivity index (χ2n) is 5.65. The first-order valence-electron chi connectivity index (χ1n) is 7.33. The van der Waals surface area contributed by atoms with E-state index in [2.05, 4.69) is 5.10 Å². The third kappa shape index (κ3) is 2.42. The smallest absolute Gasteiger partial charge is 0.543 e. The number of ether oxygens (including phenoxy) is 1. The maximum atomic E-state index is 12.2. The largest absolute Gasteiger partial charge is 1.00 e. The number of hydrogen-bond donors (Lipinski definition) is 0. The summed E-state index contributed by atoms with van der Waals surface area (Å²) in [6.07, 6.45) is 2.40. The van der Waals surface area contributed by atoms with Gasteiger partial charge in [0.05, 0.1) is 35.2 Å². The molecule has 3 aliphatic rings. The molecule has 0 spiro atoms. The van der Waals surface area contributed by atoms with Gasteiger partial charge in [-0.1, -0.05) is 0 Å². The van der Waals surface area contributed by atoms with E-state index in [0.717, 1.165) is 17.9 Å². The fourth-order valence-electron chi connectivity index (χ4n) is 3.13. The van der Waals surface area contributed by atoms with Crippen LogP contribution in [0, 0.1) is 0 Å². The van der Waals surface area contributed by atoms with Crippen LogP contribution in [0.2, 0.25) is 0 Å². The van der Waals surface area contributed by atoms with Gasteiger partial charge < -0.3 is 19.1 Å². The minimum Gasteiger partial charge on any atom is -0.543 e. The van der Waals surface area contributed by atoms with Crippen LogP contribution in [-0.2, 0) is 27.4 Å². The van der Waals surface area contributed by atoms with E-state index < -0.39 is 5.97 Å². The Bertz CT molecular complexity index is 975. The number of β-lactam (4-membered cyclic amide) rings is 1. The molecule has 2 aromatic heterocycles. The number of carbonyl (C=O) groups excluding carboxylic acids is 2. The summed E-state index contributed by atoms with van der Waals surface area (Å²) < 4.78 is 12.8. The topological polar surface area (TPSA) is 100 Å². The summed E-state index contributed by atoms with van der Waals surface area (Å²) in [4.78, 5) is 24.4. The number of carbonyl (C=O) groups is 2. The van der Waals surface area contributed by atoms with Gasteiger partial charge in [-0.25, -0.2) is 4.52 Å². The van der Waals surface area contributed by atoms with Gasteiger partial charge in [-0.05, 0) is 11.5 Å². The van der Waals surface area contributed by atoms with Gasteiger partial charge >= 0.3 is 29.6 Å². The molecule has 3 aliphatic heterocycles. The molecule has 10 heteroatoms. The van der Waals surface area contributed by atoms with Gasteiger partial charge in [-0.3, -0.25) is 9.69 Å². The first kappa shape index (κ1) is 16.9. The van der Waals surface area contributed by atoms with Crippen molar-refractivity contribution in [1.82, 2.24) is 14.5 Å². The molecule has 5 heterocycles. The molecule has 1 fully saturated rings. The van der Waals surface area contributed by atoms with Crippen molar-refractivity contribution in [2.45, 2.75) is 18.4 Å². The zero-order valence-corrected chi connectivity index (χ0v) is 16.0. The third-order valence-corrected chi connectivity index (χ3v) is 5.35. The Morgan fingerprint density at radius 1 is 1.48 bits per heavy atom. The van der Waals surface area contributed by atoms with Gasteiger partial charge in [-0.2, -0.15) is 5.10 Å². The van der Waals surface area contributed by atoms with E-state index >= 15 is 0 Å². The Hall–Kier alpha value is -1.52. The van der Waals surface area contributed by atoms with E-state index in [4.69, 9.17) is 9.15 Å². The molecular weight excluding hydrogens is 357 g/mol.